The lowest BCUT2D eigenvalue weighted by Gasteiger charge is -2.39. The molecule has 1 fully saturated rings. The van der Waals surface area contributed by atoms with Crippen LogP contribution in [0.5, 0.6) is 11.5 Å². The molecule has 0 aliphatic carbocycles. The highest BCUT2D eigenvalue weighted by Gasteiger charge is 2.30. The van der Waals surface area contributed by atoms with Crippen LogP contribution >= 0.6 is 0 Å². The average Bonchev–Trinajstić information content (AvgIpc) is 3.24. The highest BCUT2D eigenvalue weighted by Crippen LogP contribution is 2.43. The molecule has 2 N–H and O–H groups in total. The number of nitrogens with zero attached hydrogens (tertiary/aromatic N) is 1. The Morgan fingerprint density at radius 1 is 0.946 bits per heavy atom. The molecule has 0 saturated carbocycles. The SMILES string of the molecule is COc1cc2c(cc1OC)/C(=C(/Nc1ccc(CN3C(C)CCCC3C)cc1)c1ccccc1)C(=O)N2. The van der Waals surface area contributed by atoms with E-state index >= 15 is 0 Å². The van der Waals surface area contributed by atoms with Crippen molar-refractivity contribution in [1.82, 2.24) is 4.90 Å². The molecule has 3 aromatic carbocycles. The van der Waals surface area contributed by atoms with Gasteiger partial charge in [-0.2, -0.15) is 0 Å². The Labute approximate surface area is 219 Å². The van der Waals surface area contributed by atoms with Gasteiger partial charge in [0.05, 0.1) is 31.2 Å². The largest absolute Gasteiger partial charge is 0.493 e. The van der Waals surface area contributed by atoms with E-state index in [4.69, 9.17) is 9.47 Å². The Kier molecular flexibility index (Phi) is 7.19. The first kappa shape index (κ1) is 24.9. The van der Waals surface area contributed by atoms with Gasteiger partial charge in [0, 0.05) is 35.9 Å². The summed E-state index contributed by atoms with van der Waals surface area (Å²) in [6.45, 7) is 5.62. The van der Waals surface area contributed by atoms with Crippen molar-refractivity contribution in [2.45, 2.75) is 51.7 Å². The van der Waals surface area contributed by atoms with Crippen LogP contribution in [0.25, 0.3) is 11.3 Å². The van der Waals surface area contributed by atoms with Crippen molar-refractivity contribution in [2.24, 2.45) is 0 Å². The molecule has 3 aromatic rings. The molecule has 0 radical (unpaired) electrons. The summed E-state index contributed by atoms with van der Waals surface area (Å²) in [5.41, 5.74) is 5.94. The molecule has 5 rings (SSSR count). The smallest absolute Gasteiger partial charge is 0.258 e. The monoisotopic (exact) mass is 497 g/mol. The van der Waals surface area contributed by atoms with Gasteiger partial charge in [0.1, 0.15) is 0 Å². The molecule has 192 valence electrons. The van der Waals surface area contributed by atoms with Crippen molar-refractivity contribution in [3.05, 3.63) is 83.4 Å². The Morgan fingerprint density at radius 3 is 2.24 bits per heavy atom. The maximum atomic E-state index is 13.3. The third-order valence-corrected chi connectivity index (χ3v) is 7.55. The molecule has 2 aliphatic heterocycles. The first-order valence-electron chi connectivity index (χ1n) is 13.0. The number of carbonyl (C=O) groups excluding carboxylic acids is 1. The summed E-state index contributed by atoms with van der Waals surface area (Å²) >= 11 is 0. The number of likely N-dealkylation sites (tertiary alicyclic amines) is 1. The number of hydrogen-bond donors (Lipinski definition) is 2. The number of fused-ring (bicyclic) bond motifs is 1. The minimum Gasteiger partial charge on any atom is -0.493 e. The minimum absolute atomic E-state index is 0.165. The van der Waals surface area contributed by atoms with Crippen LogP contribution in [-0.2, 0) is 11.3 Å². The number of hydrogen-bond acceptors (Lipinski definition) is 5. The lowest BCUT2D eigenvalue weighted by molar-refractivity contribution is -0.110. The summed E-state index contributed by atoms with van der Waals surface area (Å²) in [6, 6.07) is 23.4. The maximum Gasteiger partial charge on any atom is 0.258 e. The zero-order valence-corrected chi connectivity index (χ0v) is 22.0. The van der Waals surface area contributed by atoms with Crippen molar-refractivity contribution in [3.8, 4) is 11.5 Å². The number of ether oxygens (including phenoxy) is 2. The van der Waals surface area contributed by atoms with E-state index in [2.05, 4.69) is 53.6 Å². The lowest BCUT2D eigenvalue weighted by atomic mass is 9.96. The molecule has 6 heteroatoms. The number of amides is 1. The van der Waals surface area contributed by atoms with Gasteiger partial charge in [-0.15, -0.1) is 0 Å². The summed E-state index contributed by atoms with van der Waals surface area (Å²) in [5, 5.41) is 6.55. The van der Waals surface area contributed by atoms with Crippen LogP contribution in [0.3, 0.4) is 0 Å². The second kappa shape index (κ2) is 10.7. The summed E-state index contributed by atoms with van der Waals surface area (Å²) in [6.07, 6.45) is 3.84. The number of nitrogens with one attached hydrogen (secondary N) is 2. The quantitative estimate of drug-likeness (QED) is 0.370. The van der Waals surface area contributed by atoms with Crippen LogP contribution in [-0.4, -0.2) is 37.1 Å². The normalized spacial score (nSPS) is 20.7. The summed E-state index contributed by atoms with van der Waals surface area (Å²) in [7, 11) is 3.19. The molecule has 6 nitrogen and oxygen atoms in total. The van der Waals surface area contributed by atoms with Crippen molar-refractivity contribution < 1.29 is 14.3 Å². The number of methoxy groups -OCH3 is 2. The van der Waals surface area contributed by atoms with Crippen LogP contribution < -0.4 is 20.1 Å². The predicted octanol–water partition coefficient (Wildman–Crippen LogP) is 6.40. The standard InChI is InChI=1S/C31H35N3O3/c1-20-9-8-10-21(2)34(20)19-22-13-15-24(16-14-22)32-30(23-11-6-5-7-12-23)29-25-17-27(36-3)28(37-4)18-26(25)33-31(29)35/h5-7,11-18,20-21,32H,8-10,19H2,1-4H3,(H,33,35)/b30-29-. The van der Waals surface area contributed by atoms with E-state index in [1.807, 2.05) is 36.4 Å². The molecular weight excluding hydrogens is 462 g/mol. The number of piperidine rings is 1. The van der Waals surface area contributed by atoms with Crippen LogP contribution in [0.15, 0.2) is 66.7 Å². The van der Waals surface area contributed by atoms with E-state index < -0.39 is 0 Å². The van der Waals surface area contributed by atoms with Crippen LogP contribution in [0, 0.1) is 0 Å². The highest BCUT2D eigenvalue weighted by molar-refractivity contribution is 6.37. The highest BCUT2D eigenvalue weighted by atomic mass is 16.5. The Morgan fingerprint density at radius 2 is 1.59 bits per heavy atom. The molecule has 2 aliphatic rings. The van der Waals surface area contributed by atoms with Crippen molar-refractivity contribution >= 4 is 28.6 Å². The van der Waals surface area contributed by atoms with Gasteiger partial charge in [0.25, 0.3) is 5.91 Å². The third-order valence-electron chi connectivity index (χ3n) is 7.55. The summed E-state index contributed by atoms with van der Waals surface area (Å²) in [5.74, 6) is 0.986. The molecule has 1 saturated heterocycles. The first-order valence-corrected chi connectivity index (χ1v) is 13.0. The zero-order valence-electron chi connectivity index (χ0n) is 22.0. The molecule has 2 unspecified atom stereocenters. The van der Waals surface area contributed by atoms with Gasteiger partial charge >= 0.3 is 0 Å². The number of anilines is 2. The van der Waals surface area contributed by atoms with Gasteiger partial charge in [0.15, 0.2) is 11.5 Å². The fraction of sp³-hybridized carbons (Fsp3) is 0.323. The minimum atomic E-state index is -0.165. The van der Waals surface area contributed by atoms with E-state index in [9.17, 15) is 4.79 Å². The first-order chi connectivity index (χ1) is 18.0. The average molecular weight is 498 g/mol. The molecule has 0 spiro atoms. The molecule has 2 heterocycles. The molecular formula is C31H35N3O3. The molecule has 1 amide bonds. The van der Waals surface area contributed by atoms with Crippen LogP contribution in [0.4, 0.5) is 11.4 Å². The Hall–Kier alpha value is -3.77. The molecule has 37 heavy (non-hydrogen) atoms. The second-order valence-electron chi connectivity index (χ2n) is 9.95. The fourth-order valence-electron chi connectivity index (χ4n) is 5.46. The Balaban J connectivity index is 1.49. The van der Waals surface area contributed by atoms with Crippen molar-refractivity contribution in [2.75, 3.05) is 24.9 Å². The van der Waals surface area contributed by atoms with Gasteiger partial charge in [-0.05, 0) is 56.0 Å². The topological polar surface area (TPSA) is 62.8 Å². The number of carbonyl (C=O) groups is 1. The van der Waals surface area contributed by atoms with Gasteiger partial charge in [0.2, 0.25) is 0 Å². The van der Waals surface area contributed by atoms with Gasteiger partial charge in [-0.25, -0.2) is 0 Å². The van der Waals surface area contributed by atoms with Crippen molar-refractivity contribution in [3.63, 3.8) is 0 Å². The zero-order chi connectivity index (χ0) is 25.9. The molecule has 0 aromatic heterocycles. The summed E-state index contributed by atoms with van der Waals surface area (Å²) in [4.78, 5) is 15.9. The molecule has 0 bridgehead atoms. The van der Waals surface area contributed by atoms with E-state index in [0.29, 0.717) is 34.8 Å². The third kappa shape index (κ3) is 5.07. The van der Waals surface area contributed by atoms with Gasteiger partial charge < -0.3 is 20.1 Å². The number of rotatable bonds is 7. The van der Waals surface area contributed by atoms with Crippen molar-refractivity contribution in [1.29, 1.82) is 0 Å². The Bertz CT molecular complexity index is 1290. The van der Waals surface area contributed by atoms with Gasteiger partial charge in [-0.1, -0.05) is 48.9 Å². The predicted molar refractivity (Wildman–Crippen MR) is 150 cm³/mol. The van der Waals surface area contributed by atoms with Crippen LogP contribution in [0.2, 0.25) is 0 Å². The van der Waals surface area contributed by atoms with Crippen LogP contribution in [0.1, 0.15) is 49.8 Å². The number of benzene rings is 3. The van der Waals surface area contributed by atoms with E-state index in [1.54, 1.807) is 20.3 Å². The van der Waals surface area contributed by atoms with E-state index in [0.717, 1.165) is 29.1 Å². The lowest BCUT2D eigenvalue weighted by Crippen LogP contribution is -2.42. The second-order valence-corrected chi connectivity index (χ2v) is 9.95. The van der Waals surface area contributed by atoms with E-state index in [1.165, 1.54) is 24.8 Å². The van der Waals surface area contributed by atoms with Gasteiger partial charge in [-0.3, -0.25) is 9.69 Å². The summed E-state index contributed by atoms with van der Waals surface area (Å²) < 4.78 is 11.0. The fourth-order valence-corrected chi connectivity index (χ4v) is 5.46. The molecule has 2 atom stereocenters. The maximum absolute atomic E-state index is 13.3. The van der Waals surface area contributed by atoms with E-state index in [-0.39, 0.29) is 5.91 Å².